The maximum absolute atomic E-state index is 13.0. The average molecular weight is 434 g/mol. The molecular weight excluding hydrogens is 406 g/mol. The molecule has 0 N–H and O–H groups in total. The van der Waals surface area contributed by atoms with Gasteiger partial charge in [0.1, 0.15) is 29.9 Å². The molecule has 5 rings (SSSR count). The van der Waals surface area contributed by atoms with Gasteiger partial charge in [0.25, 0.3) is 5.91 Å². The predicted molar refractivity (Wildman–Crippen MR) is 119 cm³/mol. The van der Waals surface area contributed by atoms with Crippen molar-refractivity contribution in [2.45, 2.75) is 38.7 Å². The molecule has 1 aliphatic carbocycles. The summed E-state index contributed by atoms with van der Waals surface area (Å²) in [6, 6.07) is 5.58. The van der Waals surface area contributed by atoms with Crippen molar-refractivity contribution in [3.63, 3.8) is 0 Å². The molecular formula is C23H27N7O2. The van der Waals surface area contributed by atoms with Gasteiger partial charge in [0.2, 0.25) is 5.88 Å². The van der Waals surface area contributed by atoms with E-state index in [0.717, 1.165) is 24.5 Å². The quantitative estimate of drug-likeness (QED) is 0.611. The number of piperazine rings is 1. The zero-order chi connectivity index (χ0) is 21.9. The van der Waals surface area contributed by atoms with E-state index >= 15 is 0 Å². The molecule has 3 aromatic heterocycles. The summed E-state index contributed by atoms with van der Waals surface area (Å²) in [7, 11) is 0. The Kier molecular flexibility index (Phi) is 5.70. The number of carbonyl (C=O) groups excluding carboxylic acids is 1. The fourth-order valence-electron chi connectivity index (χ4n) is 4.30. The number of nitrogens with zero attached hydrogens (tertiary/aromatic N) is 7. The van der Waals surface area contributed by atoms with Crippen molar-refractivity contribution in [1.82, 2.24) is 29.4 Å². The molecule has 9 heteroatoms. The number of amides is 1. The number of ether oxygens (including phenoxy) is 1. The van der Waals surface area contributed by atoms with Crippen LogP contribution in [0.1, 0.15) is 41.9 Å². The topological polar surface area (TPSA) is 89.3 Å². The van der Waals surface area contributed by atoms with E-state index in [0.29, 0.717) is 43.4 Å². The normalized spacial score (nSPS) is 17.0. The van der Waals surface area contributed by atoms with E-state index in [2.05, 4.69) is 24.8 Å². The summed E-state index contributed by atoms with van der Waals surface area (Å²) in [6.45, 7) is 4.56. The van der Waals surface area contributed by atoms with E-state index in [1.807, 2.05) is 40.8 Å². The van der Waals surface area contributed by atoms with Crippen molar-refractivity contribution in [1.29, 1.82) is 0 Å². The van der Waals surface area contributed by atoms with Crippen LogP contribution in [-0.2, 0) is 0 Å². The van der Waals surface area contributed by atoms with Crippen molar-refractivity contribution < 1.29 is 9.53 Å². The Hall–Kier alpha value is -3.49. The molecule has 1 aliphatic heterocycles. The number of anilines is 1. The first-order valence-corrected chi connectivity index (χ1v) is 11.2. The van der Waals surface area contributed by atoms with E-state index in [4.69, 9.17) is 4.74 Å². The number of pyridine rings is 1. The lowest BCUT2D eigenvalue weighted by atomic mass is 10.2. The van der Waals surface area contributed by atoms with Crippen LogP contribution in [0.4, 0.5) is 5.82 Å². The van der Waals surface area contributed by atoms with Crippen molar-refractivity contribution >= 4 is 11.7 Å². The summed E-state index contributed by atoms with van der Waals surface area (Å²) in [6.07, 6.45) is 11.8. The van der Waals surface area contributed by atoms with Crippen LogP contribution in [0.15, 0.2) is 43.1 Å². The number of aromatic nitrogens is 5. The second-order valence-electron chi connectivity index (χ2n) is 8.29. The first-order valence-electron chi connectivity index (χ1n) is 11.2. The molecule has 1 saturated carbocycles. The van der Waals surface area contributed by atoms with Gasteiger partial charge in [-0.1, -0.05) is 0 Å². The average Bonchev–Trinajstić information content (AvgIpc) is 3.54. The standard InChI is InChI=1S/C23H27N7O2/c1-17-26-20(14-21(27-17)30-9-8-24-16-30)28-10-12-29(13-11-28)23(31)18-6-7-22(25-15-18)32-19-4-2-3-5-19/h6-9,14-16,19H,2-5,10-13H2,1H3. The monoisotopic (exact) mass is 433 g/mol. The summed E-state index contributed by atoms with van der Waals surface area (Å²) >= 11 is 0. The van der Waals surface area contributed by atoms with E-state index in [1.165, 1.54) is 12.8 Å². The first kappa shape index (κ1) is 20.4. The van der Waals surface area contributed by atoms with E-state index in [1.54, 1.807) is 18.7 Å². The molecule has 4 heterocycles. The second-order valence-corrected chi connectivity index (χ2v) is 8.29. The number of imidazole rings is 1. The summed E-state index contributed by atoms with van der Waals surface area (Å²) in [5.41, 5.74) is 0.595. The molecule has 1 saturated heterocycles. The lowest BCUT2D eigenvalue weighted by Crippen LogP contribution is -2.49. The number of carbonyl (C=O) groups is 1. The number of hydrogen-bond donors (Lipinski definition) is 0. The Bertz CT molecular complexity index is 1050. The molecule has 32 heavy (non-hydrogen) atoms. The Morgan fingerprint density at radius 2 is 1.84 bits per heavy atom. The maximum atomic E-state index is 13.0. The van der Waals surface area contributed by atoms with Crippen LogP contribution in [0.3, 0.4) is 0 Å². The third-order valence-electron chi connectivity index (χ3n) is 6.04. The van der Waals surface area contributed by atoms with Crippen LogP contribution >= 0.6 is 0 Å². The van der Waals surface area contributed by atoms with Crippen molar-refractivity contribution in [3.05, 3.63) is 54.5 Å². The molecule has 0 aromatic carbocycles. The van der Waals surface area contributed by atoms with Gasteiger partial charge in [0.15, 0.2) is 0 Å². The van der Waals surface area contributed by atoms with Crippen LogP contribution < -0.4 is 9.64 Å². The van der Waals surface area contributed by atoms with Crippen LogP contribution in [0, 0.1) is 6.92 Å². The maximum Gasteiger partial charge on any atom is 0.255 e. The van der Waals surface area contributed by atoms with Crippen molar-refractivity contribution in [2.75, 3.05) is 31.1 Å². The predicted octanol–water partition coefficient (Wildman–Crippen LogP) is 2.65. The summed E-state index contributed by atoms with van der Waals surface area (Å²) in [5, 5.41) is 0. The molecule has 0 bridgehead atoms. The van der Waals surface area contributed by atoms with Gasteiger partial charge in [-0.25, -0.2) is 19.9 Å². The van der Waals surface area contributed by atoms with Crippen LogP contribution in [0.5, 0.6) is 5.88 Å². The van der Waals surface area contributed by atoms with Crippen LogP contribution in [-0.4, -0.2) is 67.6 Å². The smallest absolute Gasteiger partial charge is 0.255 e. The molecule has 1 amide bonds. The van der Waals surface area contributed by atoms with Gasteiger partial charge < -0.3 is 14.5 Å². The molecule has 166 valence electrons. The molecule has 0 atom stereocenters. The minimum atomic E-state index is 0.00235. The molecule has 2 fully saturated rings. The Balaban J connectivity index is 1.20. The van der Waals surface area contributed by atoms with Crippen molar-refractivity contribution in [2.24, 2.45) is 0 Å². The van der Waals surface area contributed by atoms with Crippen LogP contribution in [0.25, 0.3) is 5.82 Å². The molecule has 0 spiro atoms. The molecule has 3 aromatic rings. The molecule has 0 unspecified atom stereocenters. The van der Waals surface area contributed by atoms with E-state index < -0.39 is 0 Å². The number of hydrogen-bond acceptors (Lipinski definition) is 7. The van der Waals surface area contributed by atoms with E-state index in [-0.39, 0.29) is 12.0 Å². The van der Waals surface area contributed by atoms with Gasteiger partial charge in [-0.3, -0.25) is 9.36 Å². The van der Waals surface area contributed by atoms with Gasteiger partial charge in [-0.2, -0.15) is 0 Å². The van der Waals surface area contributed by atoms with Crippen LogP contribution in [0.2, 0.25) is 0 Å². The third kappa shape index (κ3) is 4.42. The number of aryl methyl sites for hydroxylation is 1. The SMILES string of the molecule is Cc1nc(N2CCN(C(=O)c3ccc(OC4CCCC4)nc3)CC2)cc(-n2ccnc2)n1. The minimum Gasteiger partial charge on any atom is -0.474 e. The van der Waals surface area contributed by atoms with Gasteiger partial charge >= 0.3 is 0 Å². The lowest BCUT2D eigenvalue weighted by Gasteiger charge is -2.35. The van der Waals surface area contributed by atoms with Gasteiger partial charge in [-0.15, -0.1) is 0 Å². The third-order valence-corrected chi connectivity index (χ3v) is 6.04. The Morgan fingerprint density at radius 3 is 2.53 bits per heavy atom. The largest absolute Gasteiger partial charge is 0.474 e. The van der Waals surface area contributed by atoms with Crippen molar-refractivity contribution in [3.8, 4) is 11.7 Å². The van der Waals surface area contributed by atoms with Gasteiger partial charge in [0, 0.05) is 56.9 Å². The Morgan fingerprint density at radius 1 is 1.06 bits per heavy atom. The summed E-state index contributed by atoms with van der Waals surface area (Å²) < 4.78 is 7.77. The molecule has 9 nitrogen and oxygen atoms in total. The highest BCUT2D eigenvalue weighted by molar-refractivity contribution is 5.94. The molecule has 2 aliphatic rings. The minimum absolute atomic E-state index is 0.00235. The Labute approximate surface area is 187 Å². The highest BCUT2D eigenvalue weighted by Gasteiger charge is 2.24. The summed E-state index contributed by atoms with van der Waals surface area (Å²) in [5.74, 6) is 2.96. The zero-order valence-electron chi connectivity index (χ0n) is 18.2. The lowest BCUT2D eigenvalue weighted by molar-refractivity contribution is 0.0746. The van der Waals surface area contributed by atoms with Gasteiger partial charge in [0.05, 0.1) is 5.56 Å². The first-order chi connectivity index (χ1) is 15.7. The summed E-state index contributed by atoms with van der Waals surface area (Å²) in [4.78, 5) is 34.6. The molecule has 0 radical (unpaired) electrons. The highest BCUT2D eigenvalue weighted by Crippen LogP contribution is 2.23. The highest BCUT2D eigenvalue weighted by atomic mass is 16.5. The number of rotatable bonds is 5. The van der Waals surface area contributed by atoms with Gasteiger partial charge in [-0.05, 0) is 38.7 Å². The fourth-order valence-corrected chi connectivity index (χ4v) is 4.30. The van der Waals surface area contributed by atoms with E-state index in [9.17, 15) is 4.79 Å². The second kappa shape index (κ2) is 8.94. The zero-order valence-corrected chi connectivity index (χ0v) is 18.2. The fraction of sp³-hybridized carbons (Fsp3) is 0.435.